The Kier molecular flexibility index (Phi) is 2.28. The molecule has 0 aliphatic heterocycles. The zero-order valence-electron chi connectivity index (χ0n) is 10.1. The van der Waals surface area contributed by atoms with Gasteiger partial charge in [0.05, 0.1) is 0 Å². The summed E-state index contributed by atoms with van der Waals surface area (Å²) in [4.78, 5) is 0. The largest absolute Gasteiger partial charge is 0.315 e. The molecule has 0 aromatic carbocycles. The molecule has 0 atom stereocenters. The molecule has 4 aliphatic rings. The maximum absolute atomic E-state index is 5.50. The summed E-state index contributed by atoms with van der Waals surface area (Å²) in [5.41, 5.74) is 4.35. The van der Waals surface area contributed by atoms with Crippen LogP contribution in [-0.2, 0) is 0 Å². The lowest BCUT2D eigenvalue weighted by atomic mass is 9.51. The number of thiophene rings is 1. The second-order valence-electron chi connectivity index (χ2n) is 6.35. The van der Waals surface area contributed by atoms with Gasteiger partial charge in [-0.2, -0.15) is 0 Å². The molecular formula is C14H20N2S. The van der Waals surface area contributed by atoms with Crippen LogP contribution in [0.5, 0.6) is 0 Å². The monoisotopic (exact) mass is 248 g/mol. The highest BCUT2D eigenvalue weighted by Gasteiger charge is 2.48. The Morgan fingerprint density at radius 2 is 1.71 bits per heavy atom. The standard InChI is InChI=1S/C14H20N2S/c15-16-13-6-12(7-17-13)14-10-2-8-1-9(4-10)5-11(14)3-8/h6-11,14,16H,1-5,15H2. The Hall–Kier alpha value is -0.540. The van der Waals surface area contributed by atoms with Gasteiger partial charge in [0.15, 0.2) is 0 Å². The molecule has 3 N–H and O–H groups in total. The Morgan fingerprint density at radius 1 is 1.06 bits per heavy atom. The summed E-state index contributed by atoms with van der Waals surface area (Å²) in [6.45, 7) is 0. The van der Waals surface area contributed by atoms with E-state index in [1.165, 1.54) is 25.7 Å². The number of nitrogens with one attached hydrogen (secondary N) is 1. The van der Waals surface area contributed by atoms with E-state index in [0.717, 1.165) is 34.6 Å². The first kappa shape index (κ1) is 10.4. The lowest BCUT2D eigenvalue weighted by Crippen LogP contribution is -2.43. The third-order valence-electron chi connectivity index (χ3n) is 5.37. The van der Waals surface area contributed by atoms with Crippen LogP contribution in [0.3, 0.4) is 0 Å². The van der Waals surface area contributed by atoms with Crippen molar-refractivity contribution in [2.75, 3.05) is 5.43 Å². The number of anilines is 1. The lowest BCUT2D eigenvalue weighted by Gasteiger charge is -2.54. The molecule has 0 saturated heterocycles. The number of hydrazine groups is 1. The summed E-state index contributed by atoms with van der Waals surface area (Å²) < 4.78 is 0. The number of hydrogen-bond donors (Lipinski definition) is 2. The lowest BCUT2D eigenvalue weighted by molar-refractivity contribution is -0.00263. The quantitative estimate of drug-likeness (QED) is 0.620. The van der Waals surface area contributed by atoms with Crippen molar-refractivity contribution in [3.05, 3.63) is 17.0 Å². The van der Waals surface area contributed by atoms with Crippen LogP contribution in [0.1, 0.15) is 43.6 Å². The highest BCUT2D eigenvalue weighted by atomic mass is 32.1. The van der Waals surface area contributed by atoms with Crippen molar-refractivity contribution in [3.8, 4) is 0 Å². The van der Waals surface area contributed by atoms with Gasteiger partial charge in [-0.05, 0) is 78.7 Å². The summed E-state index contributed by atoms with van der Waals surface area (Å²) in [7, 11) is 0. The van der Waals surface area contributed by atoms with Crippen LogP contribution in [0.25, 0.3) is 0 Å². The molecule has 4 fully saturated rings. The van der Waals surface area contributed by atoms with Crippen molar-refractivity contribution in [1.82, 2.24) is 0 Å². The summed E-state index contributed by atoms with van der Waals surface area (Å²) in [6.07, 6.45) is 7.54. The van der Waals surface area contributed by atoms with Crippen LogP contribution in [0.2, 0.25) is 0 Å². The summed E-state index contributed by atoms with van der Waals surface area (Å²) in [5, 5.41) is 3.45. The molecule has 1 heterocycles. The van der Waals surface area contributed by atoms with E-state index in [4.69, 9.17) is 5.84 Å². The molecule has 4 aliphatic carbocycles. The molecule has 0 unspecified atom stereocenters. The Balaban J connectivity index is 1.65. The average molecular weight is 248 g/mol. The number of rotatable bonds is 2. The van der Waals surface area contributed by atoms with Gasteiger partial charge in [-0.25, -0.2) is 5.84 Å². The molecule has 1 aromatic heterocycles. The van der Waals surface area contributed by atoms with Gasteiger partial charge in [0.25, 0.3) is 0 Å². The van der Waals surface area contributed by atoms with E-state index in [1.807, 2.05) is 0 Å². The van der Waals surface area contributed by atoms with Crippen molar-refractivity contribution < 1.29 is 0 Å². The Bertz CT molecular complexity index is 398. The summed E-state index contributed by atoms with van der Waals surface area (Å²) in [5.74, 6) is 10.4. The topological polar surface area (TPSA) is 38.0 Å². The second-order valence-corrected chi connectivity index (χ2v) is 7.26. The fourth-order valence-electron chi connectivity index (χ4n) is 5.07. The normalized spacial score (nSPS) is 43.0. The Labute approximate surface area is 107 Å². The molecule has 5 rings (SSSR count). The van der Waals surface area contributed by atoms with E-state index in [1.54, 1.807) is 23.3 Å². The summed E-state index contributed by atoms with van der Waals surface area (Å²) >= 11 is 1.76. The van der Waals surface area contributed by atoms with Gasteiger partial charge in [-0.1, -0.05) is 0 Å². The van der Waals surface area contributed by atoms with Crippen LogP contribution < -0.4 is 11.3 Å². The SMILES string of the molecule is NNc1cc(C2C3CC4CC(C3)CC2C4)cs1. The predicted molar refractivity (Wildman–Crippen MR) is 71.9 cm³/mol. The number of nitrogen functional groups attached to an aromatic ring is 1. The van der Waals surface area contributed by atoms with E-state index in [2.05, 4.69) is 16.9 Å². The van der Waals surface area contributed by atoms with Crippen molar-refractivity contribution in [2.45, 2.75) is 38.0 Å². The van der Waals surface area contributed by atoms with E-state index in [0.29, 0.717) is 0 Å². The number of nitrogens with two attached hydrogens (primary N) is 1. The van der Waals surface area contributed by atoms with Gasteiger partial charge in [0.2, 0.25) is 0 Å². The first-order chi connectivity index (χ1) is 8.33. The van der Waals surface area contributed by atoms with Gasteiger partial charge >= 0.3 is 0 Å². The molecule has 17 heavy (non-hydrogen) atoms. The van der Waals surface area contributed by atoms with Crippen LogP contribution in [-0.4, -0.2) is 0 Å². The van der Waals surface area contributed by atoms with Crippen LogP contribution in [0, 0.1) is 23.7 Å². The van der Waals surface area contributed by atoms with Gasteiger partial charge in [-0.15, -0.1) is 11.3 Å². The zero-order valence-corrected chi connectivity index (χ0v) is 10.9. The van der Waals surface area contributed by atoms with Crippen LogP contribution in [0.15, 0.2) is 11.4 Å². The van der Waals surface area contributed by atoms with Crippen molar-refractivity contribution in [3.63, 3.8) is 0 Å². The smallest absolute Gasteiger partial charge is 0.103 e. The van der Waals surface area contributed by atoms with Crippen LogP contribution >= 0.6 is 11.3 Å². The third-order valence-corrected chi connectivity index (χ3v) is 6.25. The summed E-state index contributed by atoms with van der Waals surface area (Å²) in [6, 6.07) is 2.29. The Morgan fingerprint density at radius 3 is 2.24 bits per heavy atom. The minimum atomic E-state index is 0.848. The first-order valence-electron chi connectivity index (χ1n) is 6.88. The van der Waals surface area contributed by atoms with E-state index in [9.17, 15) is 0 Å². The van der Waals surface area contributed by atoms with Crippen molar-refractivity contribution >= 4 is 16.3 Å². The first-order valence-corrected chi connectivity index (χ1v) is 7.76. The van der Waals surface area contributed by atoms with Crippen LogP contribution in [0.4, 0.5) is 5.00 Å². The fraction of sp³-hybridized carbons (Fsp3) is 0.714. The third kappa shape index (κ3) is 1.55. The van der Waals surface area contributed by atoms with E-state index >= 15 is 0 Å². The minimum Gasteiger partial charge on any atom is -0.315 e. The number of hydrogen-bond acceptors (Lipinski definition) is 3. The molecule has 4 bridgehead atoms. The predicted octanol–water partition coefficient (Wildman–Crippen LogP) is 3.57. The molecule has 4 saturated carbocycles. The van der Waals surface area contributed by atoms with Gasteiger partial charge in [-0.3, -0.25) is 0 Å². The maximum atomic E-state index is 5.50. The average Bonchev–Trinajstić information content (AvgIpc) is 2.76. The van der Waals surface area contributed by atoms with Gasteiger partial charge in [0.1, 0.15) is 5.00 Å². The van der Waals surface area contributed by atoms with E-state index in [-0.39, 0.29) is 0 Å². The minimum absolute atomic E-state index is 0.848. The molecule has 92 valence electrons. The van der Waals surface area contributed by atoms with Crippen molar-refractivity contribution in [1.29, 1.82) is 0 Å². The molecule has 0 amide bonds. The highest BCUT2D eigenvalue weighted by Crippen LogP contribution is 2.60. The molecular weight excluding hydrogens is 228 g/mol. The molecule has 0 radical (unpaired) electrons. The molecule has 3 heteroatoms. The molecule has 0 spiro atoms. The second kappa shape index (κ2) is 3.72. The molecule has 1 aromatic rings. The highest BCUT2D eigenvalue weighted by molar-refractivity contribution is 7.14. The molecule has 2 nitrogen and oxygen atoms in total. The van der Waals surface area contributed by atoms with Gasteiger partial charge in [0, 0.05) is 0 Å². The van der Waals surface area contributed by atoms with E-state index < -0.39 is 0 Å². The van der Waals surface area contributed by atoms with Gasteiger partial charge < -0.3 is 5.43 Å². The fourth-order valence-corrected chi connectivity index (χ4v) is 5.83. The maximum Gasteiger partial charge on any atom is 0.103 e. The zero-order chi connectivity index (χ0) is 11.4. The van der Waals surface area contributed by atoms with Crippen molar-refractivity contribution in [2.24, 2.45) is 29.5 Å².